The van der Waals surface area contributed by atoms with Crippen LogP contribution in [-0.2, 0) is 0 Å². The topological polar surface area (TPSA) is 161 Å². The zero-order valence-electron chi connectivity index (χ0n) is 16.7. The molecule has 13 heteroatoms. The first-order valence-electron chi connectivity index (χ1n) is 9.00. The van der Waals surface area contributed by atoms with Crippen LogP contribution < -0.4 is 21.0 Å². The van der Waals surface area contributed by atoms with Gasteiger partial charge in [0.1, 0.15) is 11.9 Å². The van der Waals surface area contributed by atoms with E-state index in [1.54, 1.807) is 29.1 Å². The van der Waals surface area contributed by atoms with Crippen LogP contribution in [0.5, 0.6) is 5.75 Å². The van der Waals surface area contributed by atoms with Crippen LogP contribution in [0.3, 0.4) is 0 Å². The van der Waals surface area contributed by atoms with Crippen molar-refractivity contribution in [2.24, 2.45) is 0 Å². The van der Waals surface area contributed by atoms with Crippen molar-refractivity contribution in [3.63, 3.8) is 0 Å². The molecule has 4 aromatic rings. The zero-order valence-corrected chi connectivity index (χ0v) is 17.5. The second kappa shape index (κ2) is 8.66. The Morgan fingerprint density at radius 3 is 2.88 bits per heavy atom. The van der Waals surface area contributed by atoms with Crippen LogP contribution in [0.4, 0.5) is 16.6 Å². The molecule has 0 radical (unpaired) electrons. The van der Waals surface area contributed by atoms with Crippen molar-refractivity contribution in [3.05, 3.63) is 64.1 Å². The average Bonchev–Trinajstić information content (AvgIpc) is 3.42. The molecular formula is C19H14N8O4S. The van der Waals surface area contributed by atoms with E-state index < -0.39 is 11.5 Å². The van der Waals surface area contributed by atoms with Gasteiger partial charge in [-0.2, -0.15) is 10.4 Å². The fourth-order valence-electron chi connectivity index (χ4n) is 2.68. The zero-order chi connectivity index (χ0) is 22.7. The first kappa shape index (κ1) is 20.7. The standard InChI is InChI=1S/C19H14N8O4S/c1-10-5-7-22-27(10)19-26-25-18(32-19)24-16(28)13-8-12(14(30-2)17(29)31-13)23-15-11(9-20)4-3-6-21-15/h3-8H,1-2H3,(H,21,23)(H,24,25,28). The number of carbonyl (C=O) groups excluding carboxylic acids is 1. The maximum atomic E-state index is 12.7. The van der Waals surface area contributed by atoms with E-state index in [2.05, 4.69) is 30.9 Å². The number of carbonyl (C=O) groups is 1. The number of anilines is 3. The molecule has 0 aliphatic carbocycles. The summed E-state index contributed by atoms with van der Waals surface area (Å²) in [5.74, 6) is -1.02. The first-order chi connectivity index (χ1) is 15.5. The number of aromatic nitrogens is 5. The van der Waals surface area contributed by atoms with E-state index in [0.29, 0.717) is 5.13 Å². The Morgan fingerprint density at radius 2 is 2.16 bits per heavy atom. The predicted octanol–water partition coefficient (Wildman–Crippen LogP) is 2.26. The van der Waals surface area contributed by atoms with Gasteiger partial charge in [-0.25, -0.2) is 14.5 Å². The highest BCUT2D eigenvalue weighted by Gasteiger charge is 2.20. The molecule has 12 nitrogen and oxygen atoms in total. The number of pyridine rings is 1. The first-order valence-corrected chi connectivity index (χ1v) is 9.82. The third kappa shape index (κ3) is 4.02. The molecule has 0 saturated heterocycles. The van der Waals surface area contributed by atoms with Crippen molar-refractivity contribution in [2.75, 3.05) is 17.7 Å². The summed E-state index contributed by atoms with van der Waals surface area (Å²) >= 11 is 1.09. The molecule has 0 aliphatic rings. The molecule has 4 heterocycles. The Labute approximate surface area is 184 Å². The SMILES string of the molecule is COc1c(Nc2ncccc2C#N)cc(C(=O)Nc2nnc(-n3nccc3C)s2)oc1=O. The van der Waals surface area contributed by atoms with Crippen molar-refractivity contribution < 1.29 is 13.9 Å². The van der Waals surface area contributed by atoms with Crippen molar-refractivity contribution in [1.29, 1.82) is 5.26 Å². The molecule has 32 heavy (non-hydrogen) atoms. The van der Waals surface area contributed by atoms with E-state index >= 15 is 0 Å². The molecule has 0 bridgehead atoms. The number of nitriles is 1. The largest absolute Gasteiger partial charge is 0.488 e. The molecule has 4 aromatic heterocycles. The highest BCUT2D eigenvalue weighted by molar-refractivity contribution is 7.17. The second-order valence-electron chi connectivity index (χ2n) is 6.21. The lowest BCUT2D eigenvalue weighted by molar-refractivity contribution is 0.0991. The van der Waals surface area contributed by atoms with Gasteiger partial charge >= 0.3 is 5.63 Å². The number of nitrogens with zero attached hydrogens (tertiary/aromatic N) is 6. The molecule has 0 aliphatic heterocycles. The highest BCUT2D eigenvalue weighted by atomic mass is 32.1. The van der Waals surface area contributed by atoms with E-state index in [0.717, 1.165) is 17.0 Å². The van der Waals surface area contributed by atoms with Gasteiger partial charge in [-0.3, -0.25) is 10.1 Å². The Bertz CT molecular complexity index is 1400. The number of nitrogens with one attached hydrogen (secondary N) is 2. The molecule has 0 fully saturated rings. The normalized spacial score (nSPS) is 10.4. The fraction of sp³-hybridized carbons (Fsp3) is 0.105. The molecule has 0 atom stereocenters. The Balaban J connectivity index is 1.62. The van der Waals surface area contributed by atoms with Crippen LogP contribution in [0.2, 0.25) is 0 Å². The number of methoxy groups -OCH3 is 1. The van der Waals surface area contributed by atoms with Crippen LogP contribution in [0, 0.1) is 18.3 Å². The molecule has 2 N–H and O–H groups in total. The van der Waals surface area contributed by atoms with Gasteiger partial charge in [0.15, 0.2) is 5.76 Å². The number of aryl methyl sites for hydroxylation is 1. The van der Waals surface area contributed by atoms with Crippen molar-refractivity contribution >= 4 is 33.9 Å². The number of hydrogen-bond acceptors (Lipinski definition) is 11. The van der Waals surface area contributed by atoms with Crippen LogP contribution in [0.25, 0.3) is 5.13 Å². The van der Waals surface area contributed by atoms with Crippen LogP contribution in [-0.4, -0.2) is 38.0 Å². The second-order valence-corrected chi connectivity index (χ2v) is 7.17. The predicted molar refractivity (Wildman–Crippen MR) is 113 cm³/mol. The summed E-state index contributed by atoms with van der Waals surface area (Å²) in [5, 5.41) is 27.3. The minimum absolute atomic E-state index is 0.106. The Hall–Kier alpha value is -4.57. The van der Waals surface area contributed by atoms with E-state index in [1.807, 2.05) is 13.0 Å². The molecular weight excluding hydrogens is 436 g/mol. The summed E-state index contributed by atoms with van der Waals surface area (Å²) in [4.78, 5) is 29.1. The van der Waals surface area contributed by atoms with E-state index in [-0.39, 0.29) is 33.7 Å². The maximum absolute atomic E-state index is 12.7. The summed E-state index contributed by atoms with van der Waals surface area (Å²) in [6.07, 6.45) is 3.10. The summed E-state index contributed by atoms with van der Waals surface area (Å²) in [5.41, 5.74) is 0.308. The van der Waals surface area contributed by atoms with Crippen LogP contribution in [0.15, 0.2) is 45.9 Å². The smallest absolute Gasteiger partial charge is 0.381 e. The average molecular weight is 450 g/mol. The van der Waals surface area contributed by atoms with Gasteiger partial charge in [0.2, 0.25) is 16.0 Å². The number of amides is 1. The van der Waals surface area contributed by atoms with E-state index in [4.69, 9.17) is 9.15 Å². The quantitative estimate of drug-likeness (QED) is 0.446. The molecule has 0 spiro atoms. The summed E-state index contributed by atoms with van der Waals surface area (Å²) in [7, 11) is 1.28. The minimum atomic E-state index is -0.887. The van der Waals surface area contributed by atoms with Gasteiger partial charge < -0.3 is 14.5 Å². The number of rotatable bonds is 6. The highest BCUT2D eigenvalue weighted by Crippen LogP contribution is 2.27. The van der Waals surface area contributed by atoms with Gasteiger partial charge in [0, 0.05) is 24.2 Å². The maximum Gasteiger partial charge on any atom is 0.381 e. The van der Waals surface area contributed by atoms with Gasteiger partial charge in [-0.1, -0.05) is 11.3 Å². The number of hydrogen-bond donors (Lipinski definition) is 2. The van der Waals surface area contributed by atoms with Gasteiger partial charge in [0.25, 0.3) is 5.91 Å². The summed E-state index contributed by atoms with van der Waals surface area (Å²) < 4.78 is 11.7. The minimum Gasteiger partial charge on any atom is -0.488 e. The lowest BCUT2D eigenvalue weighted by atomic mass is 10.2. The summed E-state index contributed by atoms with van der Waals surface area (Å²) in [6.45, 7) is 1.85. The van der Waals surface area contributed by atoms with E-state index in [1.165, 1.54) is 19.4 Å². The van der Waals surface area contributed by atoms with Crippen LogP contribution in [0.1, 0.15) is 21.8 Å². The third-order valence-electron chi connectivity index (χ3n) is 4.17. The number of ether oxygens (including phenoxy) is 1. The third-order valence-corrected chi connectivity index (χ3v) is 4.98. The molecule has 0 unspecified atom stereocenters. The van der Waals surface area contributed by atoms with Crippen molar-refractivity contribution in [3.8, 4) is 17.0 Å². The molecule has 4 rings (SSSR count). The lowest BCUT2D eigenvalue weighted by Gasteiger charge is -2.11. The lowest BCUT2D eigenvalue weighted by Crippen LogP contribution is -2.17. The van der Waals surface area contributed by atoms with Crippen molar-refractivity contribution in [1.82, 2.24) is 25.0 Å². The molecule has 0 saturated carbocycles. The van der Waals surface area contributed by atoms with Gasteiger partial charge in [0.05, 0.1) is 18.4 Å². The van der Waals surface area contributed by atoms with Crippen LogP contribution >= 0.6 is 11.3 Å². The van der Waals surface area contributed by atoms with Crippen molar-refractivity contribution in [2.45, 2.75) is 6.92 Å². The molecule has 160 valence electrons. The Kier molecular flexibility index (Phi) is 5.60. The summed E-state index contributed by atoms with van der Waals surface area (Å²) in [6, 6.07) is 8.21. The Morgan fingerprint density at radius 1 is 1.31 bits per heavy atom. The molecule has 0 aromatic carbocycles. The molecule has 1 amide bonds. The van der Waals surface area contributed by atoms with E-state index in [9.17, 15) is 14.9 Å². The van der Waals surface area contributed by atoms with Gasteiger partial charge in [-0.05, 0) is 25.1 Å². The monoisotopic (exact) mass is 450 g/mol. The fourth-order valence-corrected chi connectivity index (χ4v) is 3.44. The van der Waals surface area contributed by atoms with Gasteiger partial charge in [-0.15, -0.1) is 10.2 Å².